The monoisotopic (exact) mass is 444 g/mol. The molecule has 0 N–H and O–H groups in total. The highest BCUT2D eigenvalue weighted by molar-refractivity contribution is 5.86. The van der Waals surface area contributed by atoms with Crippen LogP contribution in [0, 0.1) is 35.2 Å². The Morgan fingerprint density at radius 1 is 0.969 bits per heavy atom. The van der Waals surface area contributed by atoms with Crippen LogP contribution in [0.3, 0.4) is 0 Å². The number of benzene rings is 2. The Balaban J connectivity index is 1.54. The van der Waals surface area contributed by atoms with Crippen molar-refractivity contribution in [1.82, 2.24) is 0 Å². The highest BCUT2D eigenvalue weighted by Crippen LogP contribution is 2.49. The summed E-state index contributed by atoms with van der Waals surface area (Å²) in [5, 5.41) is 0.0922. The van der Waals surface area contributed by atoms with Gasteiger partial charge in [0.25, 0.3) is 0 Å². The summed E-state index contributed by atoms with van der Waals surface area (Å²) in [6.45, 7) is 4.23. The van der Waals surface area contributed by atoms with E-state index in [1.54, 1.807) is 12.2 Å². The molecule has 0 radical (unpaired) electrons. The minimum Gasteiger partial charge on any atom is -0.486 e. The number of hydrogen-bond donors (Lipinski definition) is 0. The second kappa shape index (κ2) is 10.3. The Morgan fingerprint density at radius 2 is 1.75 bits per heavy atom. The molecule has 4 atom stereocenters. The van der Waals surface area contributed by atoms with Crippen molar-refractivity contribution in [2.75, 3.05) is 6.61 Å². The van der Waals surface area contributed by atoms with Crippen LogP contribution in [0.25, 0.3) is 10.8 Å². The maximum Gasteiger partial charge on any atom is 0.201 e. The standard InChI is InChI=1S/C28H35F3O/c1-3-5-7-18-8-9-20-14-21(11-10-19(20)13-18)22-15-23-17-25(32-12-6-4-2)27(30)28(31)26(23)24(29)16-22/h4,6,15-21H,3,5,7-14H2,1-2H3/b6-4+. The number of ether oxygens (including phenoxy) is 1. The molecule has 2 aliphatic rings. The molecule has 2 aromatic rings. The van der Waals surface area contributed by atoms with Crippen LogP contribution >= 0.6 is 0 Å². The second-order valence-corrected chi connectivity index (χ2v) is 9.83. The van der Waals surface area contributed by atoms with Crippen LogP contribution in [0.1, 0.15) is 83.1 Å². The predicted molar refractivity (Wildman–Crippen MR) is 125 cm³/mol. The van der Waals surface area contributed by atoms with Crippen LogP contribution in [0.4, 0.5) is 13.2 Å². The summed E-state index contributed by atoms with van der Waals surface area (Å²) in [7, 11) is 0. The van der Waals surface area contributed by atoms with E-state index in [2.05, 4.69) is 6.92 Å². The lowest BCUT2D eigenvalue weighted by molar-refractivity contribution is 0.113. The average molecular weight is 445 g/mol. The Kier molecular flexibility index (Phi) is 7.48. The Bertz CT molecular complexity index is 967. The normalized spacial score (nSPS) is 25.9. The number of unbranched alkanes of at least 4 members (excludes halogenated alkanes) is 1. The van der Waals surface area contributed by atoms with E-state index in [0.29, 0.717) is 11.3 Å². The van der Waals surface area contributed by atoms with E-state index in [4.69, 9.17) is 4.74 Å². The van der Waals surface area contributed by atoms with Gasteiger partial charge in [-0.2, -0.15) is 4.39 Å². The lowest BCUT2D eigenvalue weighted by Crippen LogP contribution is -2.30. The zero-order valence-electron chi connectivity index (χ0n) is 19.3. The van der Waals surface area contributed by atoms with Crippen molar-refractivity contribution in [2.24, 2.45) is 17.8 Å². The van der Waals surface area contributed by atoms with E-state index in [0.717, 1.165) is 30.2 Å². The van der Waals surface area contributed by atoms with E-state index in [-0.39, 0.29) is 23.7 Å². The molecule has 2 aromatic carbocycles. The summed E-state index contributed by atoms with van der Waals surface area (Å²) in [5.74, 6) is -0.490. The molecule has 4 heteroatoms. The van der Waals surface area contributed by atoms with Gasteiger partial charge in [-0.1, -0.05) is 50.8 Å². The highest BCUT2D eigenvalue weighted by atomic mass is 19.2. The number of fused-ring (bicyclic) bond motifs is 2. The molecular formula is C28H35F3O. The third-order valence-corrected chi connectivity index (χ3v) is 7.79. The third-order valence-electron chi connectivity index (χ3n) is 7.79. The van der Waals surface area contributed by atoms with Gasteiger partial charge >= 0.3 is 0 Å². The fourth-order valence-corrected chi connectivity index (χ4v) is 6.04. The molecule has 4 rings (SSSR count). The summed E-state index contributed by atoms with van der Waals surface area (Å²) in [6, 6.07) is 4.72. The summed E-state index contributed by atoms with van der Waals surface area (Å²) >= 11 is 0. The lowest BCUT2D eigenvalue weighted by atomic mass is 9.63. The van der Waals surface area contributed by atoms with E-state index < -0.39 is 17.5 Å². The maximum absolute atomic E-state index is 14.9. The van der Waals surface area contributed by atoms with Crippen molar-refractivity contribution in [3.05, 3.63) is 53.4 Å². The molecule has 0 spiro atoms. The van der Waals surface area contributed by atoms with Crippen molar-refractivity contribution in [3.63, 3.8) is 0 Å². The zero-order chi connectivity index (χ0) is 22.7. The van der Waals surface area contributed by atoms with Gasteiger partial charge in [0.15, 0.2) is 11.6 Å². The molecule has 0 saturated heterocycles. The van der Waals surface area contributed by atoms with Gasteiger partial charge in [0, 0.05) is 0 Å². The van der Waals surface area contributed by atoms with Crippen LogP contribution in [-0.4, -0.2) is 6.61 Å². The first-order valence-electron chi connectivity index (χ1n) is 12.4. The fraction of sp³-hybridized carbons (Fsp3) is 0.571. The molecule has 1 nitrogen and oxygen atoms in total. The van der Waals surface area contributed by atoms with E-state index in [1.165, 1.54) is 57.1 Å². The van der Waals surface area contributed by atoms with Crippen molar-refractivity contribution in [3.8, 4) is 5.75 Å². The number of halogens is 3. The molecule has 2 fully saturated rings. The van der Waals surface area contributed by atoms with Gasteiger partial charge in [-0.05, 0) is 85.8 Å². The first kappa shape index (κ1) is 23.2. The smallest absolute Gasteiger partial charge is 0.201 e. The van der Waals surface area contributed by atoms with E-state index >= 15 is 0 Å². The minimum absolute atomic E-state index is 0.144. The zero-order valence-corrected chi connectivity index (χ0v) is 19.3. The Morgan fingerprint density at radius 3 is 2.53 bits per heavy atom. The van der Waals surface area contributed by atoms with Crippen molar-refractivity contribution >= 4 is 10.8 Å². The summed E-state index contributed by atoms with van der Waals surface area (Å²) < 4.78 is 49.3. The van der Waals surface area contributed by atoms with Gasteiger partial charge < -0.3 is 4.74 Å². The Labute approximate surface area is 190 Å². The molecular weight excluding hydrogens is 409 g/mol. The van der Waals surface area contributed by atoms with Gasteiger partial charge in [0.2, 0.25) is 5.82 Å². The molecule has 0 aromatic heterocycles. The van der Waals surface area contributed by atoms with Crippen molar-refractivity contribution < 1.29 is 17.9 Å². The van der Waals surface area contributed by atoms with E-state index in [9.17, 15) is 13.2 Å². The molecule has 0 heterocycles. The maximum atomic E-state index is 14.9. The van der Waals surface area contributed by atoms with Crippen LogP contribution in [0.15, 0.2) is 30.4 Å². The Hall–Kier alpha value is -1.97. The van der Waals surface area contributed by atoms with Crippen molar-refractivity contribution in [2.45, 2.75) is 77.6 Å². The molecule has 2 aliphatic carbocycles. The second-order valence-electron chi connectivity index (χ2n) is 9.83. The molecule has 2 saturated carbocycles. The topological polar surface area (TPSA) is 9.23 Å². The molecule has 0 amide bonds. The minimum atomic E-state index is -1.17. The third kappa shape index (κ3) is 4.84. The summed E-state index contributed by atoms with van der Waals surface area (Å²) in [4.78, 5) is 0. The van der Waals surface area contributed by atoms with Gasteiger partial charge in [-0.15, -0.1) is 0 Å². The predicted octanol–water partition coefficient (Wildman–Crippen LogP) is 8.70. The van der Waals surface area contributed by atoms with Crippen LogP contribution < -0.4 is 4.74 Å². The molecule has 32 heavy (non-hydrogen) atoms. The first-order chi connectivity index (χ1) is 15.5. The SMILES string of the molecule is C/C=C/COc1cc2cc(C3CCC4CC(CCCC)CCC4C3)cc(F)c2c(F)c1F. The highest BCUT2D eigenvalue weighted by Gasteiger charge is 2.36. The number of rotatable bonds is 7. The van der Waals surface area contributed by atoms with Crippen LogP contribution in [0.2, 0.25) is 0 Å². The summed E-state index contributed by atoms with van der Waals surface area (Å²) in [5.41, 5.74) is 0.909. The van der Waals surface area contributed by atoms with Gasteiger partial charge in [-0.25, -0.2) is 8.78 Å². The van der Waals surface area contributed by atoms with E-state index in [1.807, 2.05) is 13.0 Å². The van der Waals surface area contributed by atoms with Gasteiger partial charge in [0.05, 0.1) is 5.39 Å². The molecule has 0 aliphatic heterocycles. The molecule has 0 bridgehead atoms. The first-order valence-corrected chi connectivity index (χ1v) is 12.4. The van der Waals surface area contributed by atoms with Crippen LogP contribution in [-0.2, 0) is 0 Å². The quantitative estimate of drug-likeness (QED) is 0.388. The summed E-state index contributed by atoms with van der Waals surface area (Å²) in [6.07, 6.45) is 14.7. The largest absolute Gasteiger partial charge is 0.486 e. The number of allylic oxidation sites excluding steroid dienone is 1. The molecule has 174 valence electrons. The van der Waals surface area contributed by atoms with Crippen LogP contribution in [0.5, 0.6) is 5.75 Å². The van der Waals surface area contributed by atoms with Gasteiger partial charge in [0.1, 0.15) is 12.4 Å². The van der Waals surface area contributed by atoms with Crippen molar-refractivity contribution in [1.29, 1.82) is 0 Å². The van der Waals surface area contributed by atoms with Gasteiger partial charge in [-0.3, -0.25) is 0 Å². The lowest BCUT2D eigenvalue weighted by Gasteiger charge is -2.42. The average Bonchev–Trinajstić information content (AvgIpc) is 2.80. The fourth-order valence-electron chi connectivity index (χ4n) is 6.04. The number of hydrogen-bond acceptors (Lipinski definition) is 1. The molecule has 4 unspecified atom stereocenters.